The van der Waals surface area contributed by atoms with E-state index < -0.39 is 5.97 Å². The molecule has 0 spiro atoms. The van der Waals surface area contributed by atoms with Gasteiger partial charge in [-0.3, -0.25) is 9.69 Å². The van der Waals surface area contributed by atoms with Gasteiger partial charge in [-0.2, -0.15) is 0 Å². The molecule has 29 heavy (non-hydrogen) atoms. The Morgan fingerprint density at radius 2 is 2.00 bits per heavy atom. The van der Waals surface area contributed by atoms with E-state index in [1.165, 1.54) is 16.7 Å². The molecule has 1 aromatic heterocycles. The molecular formula is C20H16Cl2NO4S2-. The minimum Gasteiger partial charge on any atom is -0.550 e. The van der Waals surface area contributed by atoms with Crippen molar-refractivity contribution in [2.75, 3.05) is 6.54 Å². The first kappa shape index (κ1) is 21.9. The zero-order valence-electron chi connectivity index (χ0n) is 15.2. The fourth-order valence-electron chi connectivity index (χ4n) is 2.80. The topological polar surface area (TPSA) is 73.6 Å². The summed E-state index contributed by atoms with van der Waals surface area (Å²) in [7, 11) is 0. The van der Waals surface area contributed by atoms with Crippen LogP contribution in [0.5, 0.6) is 0 Å². The number of nitrogens with zero attached hydrogens (tertiary/aromatic N) is 1. The van der Waals surface area contributed by atoms with Crippen LogP contribution < -0.4 is 5.11 Å². The zero-order valence-corrected chi connectivity index (χ0v) is 18.3. The van der Waals surface area contributed by atoms with Crippen molar-refractivity contribution in [3.8, 4) is 11.3 Å². The van der Waals surface area contributed by atoms with Crippen molar-refractivity contribution in [3.63, 3.8) is 0 Å². The maximum Gasteiger partial charge on any atom is 0.266 e. The van der Waals surface area contributed by atoms with Crippen molar-refractivity contribution >= 4 is 69.5 Å². The SMILES string of the molecule is O=C([O-])CCCCCN1C(=O)C(=Cc2ccc(-c3cc(Cl)ccc3Cl)o2)SC1=S. The largest absolute Gasteiger partial charge is 0.550 e. The summed E-state index contributed by atoms with van der Waals surface area (Å²) in [5.74, 6) is -0.188. The summed E-state index contributed by atoms with van der Waals surface area (Å²) < 4.78 is 6.29. The molecular weight excluding hydrogens is 453 g/mol. The number of halogens is 2. The van der Waals surface area contributed by atoms with Gasteiger partial charge >= 0.3 is 0 Å². The highest BCUT2D eigenvalue weighted by Gasteiger charge is 2.31. The summed E-state index contributed by atoms with van der Waals surface area (Å²) in [6, 6.07) is 8.62. The molecule has 0 atom stereocenters. The molecule has 0 saturated carbocycles. The van der Waals surface area contributed by atoms with Crippen LogP contribution in [0.25, 0.3) is 17.4 Å². The Bertz CT molecular complexity index is 987. The predicted molar refractivity (Wildman–Crippen MR) is 118 cm³/mol. The zero-order chi connectivity index (χ0) is 21.0. The number of benzene rings is 1. The van der Waals surface area contributed by atoms with E-state index in [2.05, 4.69) is 0 Å². The third-order valence-electron chi connectivity index (χ3n) is 4.23. The fraction of sp³-hybridized carbons (Fsp3) is 0.250. The van der Waals surface area contributed by atoms with Crippen molar-refractivity contribution in [2.24, 2.45) is 0 Å². The van der Waals surface area contributed by atoms with Crippen LogP contribution in [-0.2, 0) is 9.59 Å². The molecule has 1 amide bonds. The summed E-state index contributed by atoms with van der Waals surface area (Å²) in [6.45, 7) is 0.455. The lowest BCUT2D eigenvalue weighted by atomic mass is 10.2. The molecule has 0 aliphatic carbocycles. The average Bonchev–Trinajstić information content (AvgIpc) is 3.23. The summed E-state index contributed by atoms with van der Waals surface area (Å²) in [5, 5.41) is 11.5. The van der Waals surface area contributed by atoms with E-state index in [1.54, 1.807) is 36.4 Å². The monoisotopic (exact) mass is 468 g/mol. The van der Waals surface area contributed by atoms with Gasteiger partial charge in [0.2, 0.25) is 0 Å². The molecule has 1 aromatic carbocycles. The van der Waals surface area contributed by atoms with Gasteiger partial charge in [0.25, 0.3) is 5.91 Å². The molecule has 0 bridgehead atoms. The second-order valence-corrected chi connectivity index (χ2v) is 8.86. The Balaban J connectivity index is 1.66. The summed E-state index contributed by atoms with van der Waals surface area (Å²) in [5.41, 5.74) is 0.669. The minimum absolute atomic E-state index is 0.0236. The summed E-state index contributed by atoms with van der Waals surface area (Å²) >= 11 is 18.8. The number of carbonyl (C=O) groups is 2. The van der Waals surface area contributed by atoms with Gasteiger partial charge in [0.1, 0.15) is 15.8 Å². The number of thiocarbonyl (C=S) groups is 1. The number of aliphatic carboxylic acids is 1. The van der Waals surface area contributed by atoms with Gasteiger partial charge in [-0.15, -0.1) is 0 Å². The van der Waals surface area contributed by atoms with Crippen molar-refractivity contribution in [3.05, 3.63) is 51.0 Å². The lowest BCUT2D eigenvalue weighted by Gasteiger charge is -2.14. The first-order valence-corrected chi connectivity index (χ1v) is 10.8. The quantitative estimate of drug-likeness (QED) is 0.315. The van der Waals surface area contributed by atoms with Crippen molar-refractivity contribution in [1.82, 2.24) is 4.90 Å². The normalized spacial score (nSPS) is 15.5. The Hall–Kier alpha value is -1.80. The average molecular weight is 469 g/mol. The highest BCUT2D eigenvalue weighted by Crippen LogP contribution is 2.35. The summed E-state index contributed by atoms with van der Waals surface area (Å²) in [6.07, 6.45) is 3.55. The maximum absolute atomic E-state index is 12.6. The van der Waals surface area contributed by atoms with Gasteiger partial charge in [-0.05, 0) is 49.6 Å². The van der Waals surface area contributed by atoms with Crippen molar-refractivity contribution in [2.45, 2.75) is 25.7 Å². The number of carboxylic acids is 1. The number of carboxylic acid groups (broad SMARTS) is 1. The van der Waals surface area contributed by atoms with Gasteiger partial charge in [-0.1, -0.05) is 53.6 Å². The molecule has 1 aliphatic heterocycles. The van der Waals surface area contributed by atoms with E-state index in [0.29, 0.717) is 62.2 Å². The van der Waals surface area contributed by atoms with E-state index in [4.69, 9.17) is 39.8 Å². The van der Waals surface area contributed by atoms with E-state index in [0.717, 1.165) is 0 Å². The smallest absolute Gasteiger partial charge is 0.266 e. The molecule has 2 aromatic rings. The highest BCUT2D eigenvalue weighted by atomic mass is 35.5. The van der Waals surface area contributed by atoms with Gasteiger partial charge in [-0.25, -0.2) is 0 Å². The third kappa shape index (κ3) is 5.63. The molecule has 9 heteroatoms. The first-order chi connectivity index (χ1) is 13.8. The second-order valence-electron chi connectivity index (χ2n) is 6.34. The number of furan rings is 1. The number of rotatable bonds is 8. The van der Waals surface area contributed by atoms with Crippen LogP contribution >= 0.6 is 47.2 Å². The number of hydrogen-bond acceptors (Lipinski definition) is 6. The van der Waals surface area contributed by atoms with Crippen molar-refractivity contribution in [1.29, 1.82) is 0 Å². The van der Waals surface area contributed by atoms with E-state index in [1.807, 2.05) is 0 Å². The highest BCUT2D eigenvalue weighted by molar-refractivity contribution is 8.26. The third-order valence-corrected chi connectivity index (χ3v) is 6.17. The number of thioether (sulfide) groups is 1. The molecule has 0 N–H and O–H groups in total. The van der Waals surface area contributed by atoms with Gasteiger partial charge in [0.15, 0.2) is 0 Å². The van der Waals surface area contributed by atoms with Crippen LogP contribution in [-0.4, -0.2) is 27.6 Å². The lowest BCUT2D eigenvalue weighted by molar-refractivity contribution is -0.305. The molecule has 5 nitrogen and oxygen atoms in total. The Morgan fingerprint density at radius 3 is 2.76 bits per heavy atom. The molecule has 1 fully saturated rings. The Kier molecular flexibility index (Phi) is 7.40. The van der Waals surface area contributed by atoms with Gasteiger partial charge < -0.3 is 14.3 Å². The number of hydrogen-bond donors (Lipinski definition) is 0. The Labute approximate surface area is 187 Å². The van der Waals surface area contributed by atoms with Gasteiger partial charge in [0.05, 0.1) is 9.93 Å². The maximum atomic E-state index is 12.6. The van der Waals surface area contributed by atoms with E-state index in [-0.39, 0.29) is 12.3 Å². The molecule has 0 unspecified atom stereocenters. The number of carbonyl (C=O) groups excluding carboxylic acids is 2. The second kappa shape index (κ2) is 9.80. The van der Waals surface area contributed by atoms with E-state index in [9.17, 15) is 14.7 Å². The van der Waals surface area contributed by atoms with Crippen LogP contribution in [0.2, 0.25) is 10.0 Å². The molecule has 1 aliphatic rings. The van der Waals surface area contributed by atoms with Crippen molar-refractivity contribution < 1.29 is 19.1 Å². The lowest BCUT2D eigenvalue weighted by Crippen LogP contribution is -2.29. The van der Waals surface area contributed by atoms with E-state index >= 15 is 0 Å². The molecule has 152 valence electrons. The summed E-state index contributed by atoms with van der Waals surface area (Å²) in [4.78, 5) is 25.1. The molecule has 3 rings (SSSR count). The number of amides is 1. The molecule has 0 radical (unpaired) electrons. The van der Waals surface area contributed by atoms with Crippen LogP contribution in [0.4, 0.5) is 0 Å². The van der Waals surface area contributed by atoms with Crippen LogP contribution in [0.1, 0.15) is 31.4 Å². The minimum atomic E-state index is -1.06. The van der Waals surface area contributed by atoms with Crippen LogP contribution in [0.15, 0.2) is 39.7 Å². The Morgan fingerprint density at radius 1 is 1.21 bits per heavy atom. The number of unbranched alkanes of at least 4 members (excludes halogenated alkanes) is 2. The van der Waals surface area contributed by atoms with Crippen LogP contribution in [0, 0.1) is 0 Å². The molecule has 1 saturated heterocycles. The van der Waals surface area contributed by atoms with Gasteiger partial charge in [0, 0.05) is 29.2 Å². The molecule has 2 heterocycles. The van der Waals surface area contributed by atoms with Crippen LogP contribution in [0.3, 0.4) is 0 Å². The standard InChI is InChI=1S/C20H17Cl2NO4S2/c21-12-5-7-15(22)14(10-12)16-8-6-13(27-16)11-17-19(26)23(20(28)29-17)9-3-1-2-4-18(24)25/h5-8,10-11H,1-4,9H2,(H,24,25)/p-1. The predicted octanol–water partition coefficient (Wildman–Crippen LogP) is 4.76. The first-order valence-electron chi connectivity index (χ1n) is 8.85. The fourth-order valence-corrected chi connectivity index (χ4v) is 4.47.